The van der Waals surface area contributed by atoms with Crippen molar-refractivity contribution in [2.75, 3.05) is 13.1 Å². The van der Waals surface area contributed by atoms with E-state index in [0.29, 0.717) is 23.8 Å². The van der Waals surface area contributed by atoms with Gasteiger partial charge in [-0.3, -0.25) is 0 Å². The molecule has 1 saturated heterocycles. The third-order valence-corrected chi connectivity index (χ3v) is 6.42. The molecule has 144 valence electrons. The lowest BCUT2D eigenvalue weighted by molar-refractivity contribution is 0.0680. The number of rotatable bonds is 5. The van der Waals surface area contributed by atoms with Crippen molar-refractivity contribution in [2.24, 2.45) is 17.8 Å². The molecule has 3 rings (SSSR count). The second-order valence-electron chi connectivity index (χ2n) is 9.15. The average molecular weight is 358 g/mol. The summed E-state index contributed by atoms with van der Waals surface area (Å²) in [4.78, 5) is 2.46. The Morgan fingerprint density at radius 2 is 1.69 bits per heavy atom. The summed E-state index contributed by atoms with van der Waals surface area (Å²) in [7, 11) is 0. The molecule has 0 radical (unpaired) electrons. The molecule has 0 amide bonds. The van der Waals surface area contributed by atoms with Gasteiger partial charge in [-0.05, 0) is 75.5 Å². The van der Waals surface area contributed by atoms with Gasteiger partial charge in [-0.25, -0.2) is 0 Å². The van der Waals surface area contributed by atoms with Crippen molar-refractivity contribution in [1.29, 1.82) is 0 Å². The molecule has 1 aliphatic heterocycles. The average Bonchev–Trinajstić information content (AvgIpc) is 2.49. The van der Waals surface area contributed by atoms with Crippen LogP contribution in [0.3, 0.4) is 0 Å². The van der Waals surface area contributed by atoms with Crippen LogP contribution >= 0.6 is 0 Å². The summed E-state index contributed by atoms with van der Waals surface area (Å²) in [6.45, 7) is 13.3. The fourth-order valence-corrected chi connectivity index (χ4v) is 4.77. The van der Waals surface area contributed by atoms with Crippen LogP contribution < -0.4 is 0 Å². The molecule has 0 bridgehead atoms. The van der Waals surface area contributed by atoms with E-state index in [1.807, 2.05) is 12.1 Å². The minimum Gasteiger partial charge on any atom is -0.507 e. The first-order chi connectivity index (χ1) is 12.3. The summed E-state index contributed by atoms with van der Waals surface area (Å²) in [5.41, 5.74) is 3.14. The van der Waals surface area contributed by atoms with Gasteiger partial charge in [-0.15, -0.1) is 0 Å². The lowest BCUT2D eigenvalue weighted by Gasteiger charge is -2.42. The van der Waals surface area contributed by atoms with Gasteiger partial charge >= 0.3 is 0 Å². The van der Waals surface area contributed by atoms with Gasteiger partial charge in [0.1, 0.15) is 11.5 Å². The molecule has 1 heterocycles. The predicted octanol–water partition coefficient (Wildman–Crippen LogP) is 5.08. The molecule has 3 heteroatoms. The zero-order valence-electron chi connectivity index (χ0n) is 17.0. The summed E-state index contributed by atoms with van der Waals surface area (Å²) in [6.07, 6.45) is 5.43. The fourth-order valence-electron chi connectivity index (χ4n) is 4.77. The quantitative estimate of drug-likeness (QED) is 0.723. The molecule has 1 fully saturated rings. The monoisotopic (exact) mass is 357 g/mol. The second-order valence-corrected chi connectivity index (χ2v) is 9.15. The van der Waals surface area contributed by atoms with Crippen LogP contribution in [0, 0.1) is 17.8 Å². The highest BCUT2D eigenvalue weighted by molar-refractivity contribution is 5.51. The molecule has 3 nitrogen and oxygen atoms in total. The van der Waals surface area contributed by atoms with Crippen molar-refractivity contribution in [3.63, 3.8) is 0 Å². The molecule has 1 aromatic carbocycles. The predicted molar refractivity (Wildman–Crippen MR) is 108 cm³/mol. The standard InChI is InChI=1S/C23H35NO2/c1-14(2)19-7-6-16(5)8-20(19)23-21(25)10-17(11-22(23)26)9-18-12-24(13-18)15(3)4/h8,10-11,14-15,18-20,25-26H,6-7,9,12-13H2,1-5H3/t19-,20+/m0/s1. The highest BCUT2D eigenvalue weighted by atomic mass is 16.3. The Morgan fingerprint density at radius 1 is 1.08 bits per heavy atom. The Morgan fingerprint density at radius 3 is 2.23 bits per heavy atom. The Kier molecular flexibility index (Phi) is 5.67. The van der Waals surface area contributed by atoms with Crippen molar-refractivity contribution in [2.45, 2.75) is 65.8 Å². The largest absolute Gasteiger partial charge is 0.507 e. The highest BCUT2D eigenvalue weighted by Gasteiger charge is 2.32. The van der Waals surface area contributed by atoms with E-state index in [-0.39, 0.29) is 17.4 Å². The van der Waals surface area contributed by atoms with Crippen LogP contribution in [0.5, 0.6) is 11.5 Å². The third kappa shape index (κ3) is 3.93. The maximum atomic E-state index is 10.8. The third-order valence-electron chi connectivity index (χ3n) is 6.42. The van der Waals surface area contributed by atoms with Gasteiger partial charge in [0.05, 0.1) is 0 Å². The van der Waals surface area contributed by atoms with Gasteiger partial charge in [0.25, 0.3) is 0 Å². The number of hydrogen-bond donors (Lipinski definition) is 2. The number of likely N-dealkylation sites (tertiary alicyclic amines) is 1. The van der Waals surface area contributed by atoms with E-state index in [1.54, 1.807) is 0 Å². The Labute approximate surface area is 158 Å². The lowest BCUT2D eigenvalue weighted by atomic mass is 9.71. The topological polar surface area (TPSA) is 43.7 Å². The normalized spacial score (nSPS) is 24.8. The summed E-state index contributed by atoms with van der Waals surface area (Å²) in [6, 6.07) is 4.38. The van der Waals surface area contributed by atoms with Gasteiger partial charge in [-0.2, -0.15) is 0 Å². The van der Waals surface area contributed by atoms with Crippen LogP contribution in [0.25, 0.3) is 0 Å². The minimum atomic E-state index is 0.109. The molecule has 1 aromatic rings. The van der Waals surface area contributed by atoms with Gasteiger partial charge in [-0.1, -0.05) is 25.5 Å². The number of benzene rings is 1. The summed E-state index contributed by atoms with van der Waals surface area (Å²) < 4.78 is 0. The first-order valence-corrected chi connectivity index (χ1v) is 10.2. The molecule has 0 unspecified atom stereocenters. The van der Waals surface area contributed by atoms with Crippen molar-refractivity contribution in [1.82, 2.24) is 4.90 Å². The number of nitrogens with zero attached hydrogens (tertiary/aromatic N) is 1. The van der Waals surface area contributed by atoms with E-state index >= 15 is 0 Å². The molecule has 0 spiro atoms. The molecule has 2 aliphatic rings. The zero-order valence-corrected chi connectivity index (χ0v) is 17.0. The first-order valence-electron chi connectivity index (χ1n) is 10.2. The summed E-state index contributed by atoms with van der Waals surface area (Å²) >= 11 is 0. The van der Waals surface area contributed by atoms with Gasteiger partial charge in [0, 0.05) is 30.6 Å². The number of allylic oxidation sites excluding steroid dienone is 2. The van der Waals surface area contributed by atoms with E-state index in [4.69, 9.17) is 0 Å². The van der Waals surface area contributed by atoms with Crippen molar-refractivity contribution < 1.29 is 10.2 Å². The van der Waals surface area contributed by atoms with Crippen LogP contribution in [0.4, 0.5) is 0 Å². The number of aromatic hydroxyl groups is 2. The number of phenols is 2. The molecular weight excluding hydrogens is 322 g/mol. The van der Waals surface area contributed by atoms with E-state index < -0.39 is 0 Å². The maximum Gasteiger partial charge on any atom is 0.123 e. The SMILES string of the molecule is CC1=C[C@@H](c2c(O)cc(CC3CN(C(C)C)C3)cc2O)[C@H](C(C)C)CC1. The fraction of sp³-hybridized carbons (Fsp3) is 0.652. The maximum absolute atomic E-state index is 10.8. The summed E-state index contributed by atoms with van der Waals surface area (Å²) in [5, 5.41) is 21.5. The molecule has 0 saturated carbocycles. The molecule has 2 N–H and O–H groups in total. The number of hydrogen-bond acceptors (Lipinski definition) is 3. The first kappa shape index (κ1) is 19.3. The van der Waals surface area contributed by atoms with Crippen LogP contribution in [0.15, 0.2) is 23.8 Å². The van der Waals surface area contributed by atoms with Crippen LogP contribution in [-0.2, 0) is 6.42 Å². The van der Waals surface area contributed by atoms with Crippen LogP contribution in [0.2, 0.25) is 0 Å². The molecular formula is C23H35NO2. The lowest BCUT2D eigenvalue weighted by Crippen LogP contribution is -2.50. The zero-order chi connectivity index (χ0) is 19.0. The smallest absolute Gasteiger partial charge is 0.123 e. The minimum absolute atomic E-state index is 0.109. The van der Waals surface area contributed by atoms with Crippen LogP contribution in [0.1, 0.15) is 64.5 Å². The Bertz CT molecular complexity index is 648. The molecule has 1 aliphatic carbocycles. The number of phenolic OH excluding ortho intramolecular Hbond substituents is 2. The van der Waals surface area contributed by atoms with E-state index in [9.17, 15) is 10.2 Å². The highest BCUT2D eigenvalue weighted by Crippen LogP contribution is 2.47. The van der Waals surface area contributed by atoms with Crippen LogP contribution in [-0.4, -0.2) is 34.2 Å². The van der Waals surface area contributed by atoms with E-state index in [1.165, 1.54) is 5.57 Å². The van der Waals surface area contributed by atoms with Gasteiger partial charge in [0.2, 0.25) is 0 Å². The van der Waals surface area contributed by atoms with Crippen molar-refractivity contribution in [3.8, 4) is 11.5 Å². The molecule has 0 aromatic heterocycles. The summed E-state index contributed by atoms with van der Waals surface area (Å²) in [5.74, 6) is 2.26. The molecule has 2 atom stereocenters. The van der Waals surface area contributed by atoms with Crippen molar-refractivity contribution in [3.05, 3.63) is 34.9 Å². The second kappa shape index (κ2) is 7.64. The Balaban J connectivity index is 1.80. The van der Waals surface area contributed by atoms with E-state index in [0.717, 1.165) is 43.5 Å². The molecule has 26 heavy (non-hydrogen) atoms. The van der Waals surface area contributed by atoms with Gasteiger partial charge < -0.3 is 15.1 Å². The van der Waals surface area contributed by atoms with Gasteiger partial charge in [0.15, 0.2) is 0 Å². The Hall–Kier alpha value is -1.48. The van der Waals surface area contributed by atoms with Crippen molar-refractivity contribution >= 4 is 0 Å². The van der Waals surface area contributed by atoms with E-state index in [2.05, 4.69) is 45.6 Å².